The first kappa shape index (κ1) is 13.9. The molecule has 0 amide bonds. The third-order valence-corrected chi connectivity index (χ3v) is 8.68. The summed E-state index contributed by atoms with van der Waals surface area (Å²) in [6, 6.07) is 0. The van der Waals surface area contributed by atoms with Gasteiger partial charge in [-0.05, 0) is 36.9 Å². The van der Waals surface area contributed by atoms with Crippen LogP contribution in [0.2, 0.25) is 18.1 Å². The van der Waals surface area contributed by atoms with Crippen LogP contribution < -0.4 is 0 Å². The van der Waals surface area contributed by atoms with Gasteiger partial charge in [-0.25, -0.2) is 0 Å². The van der Waals surface area contributed by atoms with Crippen molar-refractivity contribution in [1.82, 2.24) is 0 Å². The molecule has 1 fully saturated rings. The van der Waals surface area contributed by atoms with Crippen molar-refractivity contribution >= 4 is 14.1 Å². The van der Waals surface area contributed by atoms with Gasteiger partial charge in [0, 0.05) is 19.4 Å². The lowest BCUT2D eigenvalue weighted by Crippen LogP contribution is -2.41. The Bertz CT molecular complexity index is 253. The summed E-state index contributed by atoms with van der Waals surface area (Å²) in [6.45, 7) is 12.2. The number of hydrogen-bond acceptors (Lipinski definition) is 2. The van der Waals surface area contributed by atoms with Crippen molar-refractivity contribution in [3.63, 3.8) is 0 Å². The molecule has 0 N–H and O–H groups in total. The number of carbonyl (C=O) groups is 1. The average molecular weight is 242 g/mol. The lowest BCUT2D eigenvalue weighted by molar-refractivity contribution is -0.117. The lowest BCUT2D eigenvalue weighted by atomic mass is 10.1. The second-order valence-electron chi connectivity index (χ2n) is 6.54. The van der Waals surface area contributed by atoms with Crippen LogP contribution in [0.25, 0.3) is 0 Å². The van der Waals surface area contributed by atoms with Gasteiger partial charge in [-0.1, -0.05) is 20.8 Å². The summed E-state index contributed by atoms with van der Waals surface area (Å²) in [6.07, 6.45) is 3.74. The summed E-state index contributed by atoms with van der Waals surface area (Å²) in [5, 5.41) is 0.290. The number of rotatable bonds is 4. The lowest BCUT2D eigenvalue weighted by Gasteiger charge is -2.36. The molecule has 0 unspecified atom stereocenters. The van der Waals surface area contributed by atoms with E-state index in [2.05, 4.69) is 33.9 Å². The third kappa shape index (κ3) is 3.70. The molecule has 1 saturated carbocycles. The molecule has 0 bridgehead atoms. The molecule has 2 nitrogen and oxygen atoms in total. The molecule has 0 aromatic carbocycles. The zero-order chi connectivity index (χ0) is 12.4. The van der Waals surface area contributed by atoms with E-state index in [1.165, 1.54) is 0 Å². The largest absolute Gasteiger partial charge is 0.417 e. The molecule has 0 saturated heterocycles. The standard InChI is InChI=1S/C13H26O2Si/c1-13(2,3)16(4,5)15-9-8-11-6-7-12(14)10-11/h11H,6-10H2,1-5H3/t11-/m1/s1. The van der Waals surface area contributed by atoms with Gasteiger partial charge in [0.15, 0.2) is 8.32 Å². The van der Waals surface area contributed by atoms with Gasteiger partial charge >= 0.3 is 0 Å². The van der Waals surface area contributed by atoms with Crippen molar-refractivity contribution in [2.24, 2.45) is 5.92 Å². The predicted octanol–water partition coefficient (Wildman–Crippen LogP) is 3.77. The monoisotopic (exact) mass is 242 g/mol. The average Bonchev–Trinajstić information content (AvgIpc) is 2.49. The molecule has 16 heavy (non-hydrogen) atoms. The molecule has 0 aromatic heterocycles. The summed E-state index contributed by atoms with van der Waals surface area (Å²) in [5.41, 5.74) is 0. The molecule has 1 rings (SSSR count). The van der Waals surface area contributed by atoms with Crippen molar-refractivity contribution in [1.29, 1.82) is 0 Å². The fourth-order valence-electron chi connectivity index (χ4n) is 1.83. The van der Waals surface area contributed by atoms with E-state index in [0.29, 0.717) is 16.7 Å². The van der Waals surface area contributed by atoms with Crippen LogP contribution in [0.3, 0.4) is 0 Å². The molecule has 0 radical (unpaired) electrons. The van der Waals surface area contributed by atoms with Crippen LogP contribution in [0.5, 0.6) is 0 Å². The van der Waals surface area contributed by atoms with E-state index >= 15 is 0 Å². The first-order chi connectivity index (χ1) is 7.22. The summed E-state index contributed by atoms with van der Waals surface area (Å²) >= 11 is 0. The predicted molar refractivity (Wildman–Crippen MR) is 70.1 cm³/mol. The summed E-state index contributed by atoms with van der Waals surface area (Å²) in [7, 11) is -1.58. The second kappa shape index (κ2) is 5.01. The van der Waals surface area contributed by atoms with Crippen LogP contribution in [-0.2, 0) is 9.22 Å². The zero-order valence-electron chi connectivity index (χ0n) is 11.4. The number of ketones is 1. The SMILES string of the molecule is CC(C)(C)[Si](C)(C)OCC[C@H]1CCC(=O)C1. The van der Waals surface area contributed by atoms with E-state index in [1.807, 2.05) is 0 Å². The Hall–Kier alpha value is -0.153. The highest BCUT2D eigenvalue weighted by Crippen LogP contribution is 2.37. The van der Waals surface area contributed by atoms with Gasteiger partial charge in [-0.2, -0.15) is 0 Å². The molecular formula is C13H26O2Si. The van der Waals surface area contributed by atoms with Crippen molar-refractivity contribution in [2.45, 2.75) is 64.6 Å². The molecule has 0 aromatic rings. The van der Waals surface area contributed by atoms with Gasteiger partial charge in [0.1, 0.15) is 5.78 Å². The molecule has 0 aliphatic heterocycles. The van der Waals surface area contributed by atoms with Gasteiger partial charge in [0.25, 0.3) is 0 Å². The van der Waals surface area contributed by atoms with Gasteiger partial charge in [0.2, 0.25) is 0 Å². The highest BCUT2D eigenvalue weighted by molar-refractivity contribution is 6.74. The van der Waals surface area contributed by atoms with Crippen LogP contribution in [0.4, 0.5) is 0 Å². The van der Waals surface area contributed by atoms with Crippen LogP contribution in [0.1, 0.15) is 46.5 Å². The topological polar surface area (TPSA) is 26.3 Å². The highest BCUT2D eigenvalue weighted by atomic mass is 28.4. The Balaban J connectivity index is 2.27. The third-order valence-electron chi connectivity index (χ3n) is 4.14. The van der Waals surface area contributed by atoms with Crippen LogP contribution in [-0.4, -0.2) is 20.7 Å². The number of carbonyl (C=O) groups excluding carboxylic acids is 1. The minimum Gasteiger partial charge on any atom is -0.417 e. The Labute approximate surface area is 101 Å². The maximum absolute atomic E-state index is 11.1. The Kier molecular flexibility index (Phi) is 4.35. The van der Waals surface area contributed by atoms with Gasteiger partial charge in [-0.15, -0.1) is 0 Å². The van der Waals surface area contributed by atoms with Gasteiger partial charge in [0.05, 0.1) is 0 Å². The minimum absolute atomic E-state index is 0.290. The fraction of sp³-hybridized carbons (Fsp3) is 0.923. The first-order valence-corrected chi connectivity index (χ1v) is 9.29. The van der Waals surface area contributed by atoms with Crippen molar-refractivity contribution in [3.05, 3.63) is 0 Å². The number of hydrogen-bond donors (Lipinski definition) is 0. The smallest absolute Gasteiger partial charge is 0.191 e. The minimum atomic E-state index is -1.58. The van der Waals surface area contributed by atoms with Crippen molar-refractivity contribution < 1.29 is 9.22 Å². The maximum atomic E-state index is 11.1. The van der Waals surface area contributed by atoms with Gasteiger partial charge < -0.3 is 4.43 Å². The Morgan fingerprint density at radius 1 is 1.38 bits per heavy atom. The maximum Gasteiger partial charge on any atom is 0.191 e. The molecule has 0 spiro atoms. The van der Waals surface area contributed by atoms with Crippen molar-refractivity contribution in [2.75, 3.05) is 6.61 Å². The van der Waals surface area contributed by atoms with E-state index in [1.54, 1.807) is 0 Å². The van der Waals surface area contributed by atoms with Crippen LogP contribution in [0.15, 0.2) is 0 Å². The Morgan fingerprint density at radius 3 is 2.44 bits per heavy atom. The second-order valence-corrected chi connectivity index (χ2v) is 11.4. The van der Waals surface area contributed by atoms with Crippen LogP contribution in [0, 0.1) is 5.92 Å². The molecule has 1 aliphatic carbocycles. The molecule has 0 heterocycles. The van der Waals surface area contributed by atoms with E-state index in [-0.39, 0.29) is 0 Å². The fourth-order valence-corrected chi connectivity index (χ4v) is 2.90. The molecular weight excluding hydrogens is 216 g/mol. The zero-order valence-corrected chi connectivity index (χ0v) is 12.4. The van der Waals surface area contributed by atoms with E-state index in [0.717, 1.165) is 32.3 Å². The van der Waals surface area contributed by atoms with E-state index in [4.69, 9.17) is 4.43 Å². The molecule has 94 valence electrons. The van der Waals surface area contributed by atoms with Crippen LogP contribution >= 0.6 is 0 Å². The molecule has 3 heteroatoms. The highest BCUT2D eigenvalue weighted by Gasteiger charge is 2.37. The molecule has 1 atom stereocenters. The Morgan fingerprint density at radius 2 is 2.00 bits per heavy atom. The molecule has 1 aliphatic rings. The normalized spacial score (nSPS) is 22.8. The summed E-state index contributed by atoms with van der Waals surface area (Å²) in [5.74, 6) is 1.04. The summed E-state index contributed by atoms with van der Waals surface area (Å²) < 4.78 is 6.12. The summed E-state index contributed by atoms with van der Waals surface area (Å²) in [4.78, 5) is 11.1. The number of Topliss-reactive ketones (excluding diaryl/α,β-unsaturated/α-hetero) is 1. The van der Waals surface area contributed by atoms with E-state index < -0.39 is 8.32 Å². The quantitative estimate of drug-likeness (QED) is 0.702. The van der Waals surface area contributed by atoms with Crippen molar-refractivity contribution in [3.8, 4) is 0 Å². The van der Waals surface area contributed by atoms with E-state index in [9.17, 15) is 4.79 Å². The first-order valence-electron chi connectivity index (χ1n) is 6.38. The van der Waals surface area contributed by atoms with Gasteiger partial charge in [-0.3, -0.25) is 4.79 Å².